The summed E-state index contributed by atoms with van der Waals surface area (Å²) in [6.07, 6.45) is 0.564. The molecule has 1 aromatic rings. The second-order valence-corrected chi connectivity index (χ2v) is 7.14. The van der Waals surface area contributed by atoms with Crippen LogP contribution in [-0.4, -0.2) is 26.5 Å². The summed E-state index contributed by atoms with van der Waals surface area (Å²) in [5.41, 5.74) is 5.18. The Kier molecular flexibility index (Phi) is 3.42. The van der Waals surface area contributed by atoms with Crippen molar-refractivity contribution < 1.29 is 17.2 Å². The Balaban J connectivity index is 2.29. The van der Waals surface area contributed by atoms with Gasteiger partial charge in [0.25, 0.3) is 0 Å². The van der Waals surface area contributed by atoms with Crippen LogP contribution in [-0.2, 0) is 16.3 Å². The maximum atomic E-state index is 13.6. The fourth-order valence-electron chi connectivity index (χ4n) is 2.44. The normalized spacial score (nSPS) is 26.4. The van der Waals surface area contributed by atoms with Gasteiger partial charge in [-0.1, -0.05) is 0 Å². The maximum Gasteiger partial charge on any atom is 0.150 e. The molecule has 0 amide bonds. The van der Waals surface area contributed by atoms with Crippen molar-refractivity contribution in [2.24, 2.45) is 11.1 Å². The molecule has 0 aliphatic carbocycles. The first kappa shape index (κ1) is 13.4. The molecule has 0 bridgehead atoms. The smallest absolute Gasteiger partial charge is 0.150 e. The lowest BCUT2D eigenvalue weighted by molar-refractivity contribution is 0.338. The first-order chi connectivity index (χ1) is 8.36. The van der Waals surface area contributed by atoms with Gasteiger partial charge in [-0.05, 0) is 43.1 Å². The number of rotatable bonds is 3. The van der Waals surface area contributed by atoms with Crippen LogP contribution in [0.5, 0.6) is 0 Å². The van der Waals surface area contributed by atoms with Crippen molar-refractivity contribution in [3.05, 3.63) is 35.4 Å². The molecule has 0 saturated carbocycles. The van der Waals surface area contributed by atoms with Gasteiger partial charge in [-0.25, -0.2) is 17.2 Å². The molecule has 100 valence electrons. The Labute approximate surface area is 105 Å². The summed E-state index contributed by atoms with van der Waals surface area (Å²) in [6, 6.07) is 3.20. The third kappa shape index (κ3) is 2.70. The maximum absolute atomic E-state index is 13.6. The Morgan fingerprint density at radius 2 is 2.06 bits per heavy atom. The van der Waals surface area contributed by atoms with Crippen LogP contribution in [0.4, 0.5) is 8.78 Å². The van der Waals surface area contributed by atoms with E-state index >= 15 is 0 Å². The second kappa shape index (κ2) is 4.59. The van der Waals surface area contributed by atoms with E-state index in [1.807, 2.05) is 0 Å². The highest BCUT2D eigenvalue weighted by Gasteiger charge is 2.41. The van der Waals surface area contributed by atoms with E-state index in [4.69, 9.17) is 5.73 Å². The van der Waals surface area contributed by atoms with E-state index in [1.54, 1.807) is 0 Å². The van der Waals surface area contributed by atoms with Gasteiger partial charge in [0, 0.05) is 5.41 Å². The minimum Gasteiger partial charge on any atom is -0.330 e. The molecule has 1 heterocycles. The molecular formula is C12H15F2NO2S. The quantitative estimate of drug-likeness (QED) is 0.903. The lowest BCUT2D eigenvalue weighted by Gasteiger charge is -2.25. The molecule has 1 aromatic carbocycles. The number of hydrogen-bond acceptors (Lipinski definition) is 3. The molecule has 2 N–H and O–H groups in total. The van der Waals surface area contributed by atoms with Crippen LogP contribution in [0.25, 0.3) is 0 Å². The molecule has 1 fully saturated rings. The summed E-state index contributed by atoms with van der Waals surface area (Å²) in [6.45, 7) is 0.155. The zero-order chi connectivity index (χ0) is 13.4. The van der Waals surface area contributed by atoms with Gasteiger partial charge >= 0.3 is 0 Å². The highest BCUT2D eigenvalue weighted by atomic mass is 32.2. The summed E-state index contributed by atoms with van der Waals surface area (Å²) in [5.74, 6) is -1.03. The van der Waals surface area contributed by atoms with E-state index in [0.29, 0.717) is 6.42 Å². The fourth-order valence-corrected chi connectivity index (χ4v) is 4.62. The molecular weight excluding hydrogens is 260 g/mol. The molecule has 1 aliphatic heterocycles. The average molecular weight is 275 g/mol. The molecule has 0 radical (unpaired) electrons. The van der Waals surface area contributed by atoms with Crippen molar-refractivity contribution in [3.8, 4) is 0 Å². The van der Waals surface area contributed by atoms with Crippen molar-refractivity contribution in [2.75, 3.05) is 18.1 Å². The molecule has 2 rings (SSSR count). The van der Waals surface area contributed by atoms with Crippen molar-refractivity contribution in [3.63, 3.8) is 0 Å². The number of benzene rings is 1. The van der Waals surface area contributed by atoms with Gasteiger partial charge in [-0.15, -0.1) is 0 Å². The Hall–Kier alpha value is -1.01. The zero-order valence-corrected chi connectivity index (χ0v) is 10.6. The lowest BCUT2D eigenvalue weighted by atomic mass is 9.81. The van der Waals surface area contributed by atoms with Gasteiger partial charge in [0.15, 0.2) is 9.84 Å². The fraction of sp³-hybridized carbons (Fsp3) is 0.500. The van der Waals surface area contributed by atoms with Crippen molar-refractivity contribution >= 4 is 9.84 Å². The van der Waals surface area contributed by atoms with Crippen LogP contribution in [0.1, 0.15) is 12.0 Å². The van der Waals surface area contributed by atoms with Crippen LogP contribution < -0.4 is 5.73 Å². The first-order valence-electron chi connectivity index (χ1n) is 5.70. The van der Waals surface area contributed by atoms with Gasteiger partial charge in [0.05, 0.1) is 11.5 Å². The van der Waals surface area contributed by atoms with Gasteiger partial charge in [-0.3, -0.25) is 0 Å². The Morgan fingerprint density at radius 1 is 1.33 bits per heavy atom. The number of nitrogens with two attached hydrogens (primary N) is 1. The Bertz CT molecular complexity index is 559. The molecule has 1 aliphatic rings. The van der Waals surface area contributed by atoms with Crippen molar-refractivity contribution in [1.82, 2.24) is 0 Å². The minimum absolute atomic E-state index is 0.0492. The van der Waals surface area contributed by atoms with Crippen molar-refractivity contribution in [1.29, 1.82) is 0 Å². The average Bonchev–Trinajstić information content (AvgIpc) is 2.60. The third-order valence-electron chi connectivity index (χ3n) is 3.48. The van der Waals surface area contributed by atoms with Crippen LogP contribution >= 0.6 is 0 Å². The summed E-state index contributed by atoms with van der Waals surface area (Å²) in [4.78, 5) is 0. The predicted octanol–water partition coefficient (Wildman–Crippen LogP) is 1.27. The second-order valence-electron chi connectivity index (χ2n) is 4.96. The van der Waals surface area contributed by atoms with E-state index in [2.05, 4.69) is 0 Å². The van der Waals surface area contributed by atoms with E-state index in [-0.39, 0.29) is 30.0 Å². The molecule has 1 atom stereocenters. The van der Waals surface area contributed by atoms with E-state index < -0.39 is 26.9 Å². The van der Waals surface area contributed by atoms with Crippen LogP contribution in [0.15, 0.2) is 18.2 Å². The third-order valence-corrected chi connectivity index (χ3v) is 5.35. The molecule has 1 saturated heterocycles. The number of sulfone groups is 1. The molecule has 1 unspecified atom stereocenters. The Morgan fingerprint density at radius 3 is 2.61 bits per heavy atom. The molecule has 18 heavy (non-hydrogen) atoms. The van der Waals surface area contributed by atoms with E-state index in [0.717, 1.165) is 18.2 Å². The molecule has 0 aromatic heterocycles. The lowest BCUT2D eigenvalue weighted by Crippen LogP contribution is -2.34. The summed E-state index contributed by atoms with van der Waals surface area (Å²) in [5, 5.41) is 0. The SMILES string of the molecule is NCC1(Cc2cc(F)ccc2F)CCS(=O)(=O)C1. The largest absolute Gasteiger partial charge is 0.330 e. The van der Waals surface area contributed by atoms with Gasteiger partial charge in [0.1, 0.15) is 11.6 Å². The molecule has 0 spiro atoms. The highest BCUT2D eigenvalue weighted by molar-refractivity contribution is 7.91. The van der Waals surface area contributed by atoms with E-state index in [1.165, 1.54) is 0 Å². The standard InChI is InChI=1S/C12H15F2NO2S/c13-10-1-2-11(14)9(5-10)6-12(7-15)3-4-18(16,17)8-12/h1-2,5H,3-4,6-8,15H2. The molecule has 3 nitrogen and oxygen atoms in total. The van der Waals surface area contributed by atoms with Crippen LogP contribution in [0.3, 0.4) is 0 Å². The molecule has 6 heteroatoms. The van der Waals surface area contributed by atoms with Crippen LogP contribution in [0, 0.1) is 17.0 Å². The number of hydrogen-bond donors (Lipinski definition) is 1. The van der Waals surface area contributed by atoms with Crippen LogP contribution in [0.2, 0.25) is 0 Å². The van der Waals surface area contributed by atoms with Gasteiger partial charge in [-0.2, -0.15) is 0 Å². The highest BCUT2D eigenvalue weighted by Crippen LogP contribution is 2.35. The minimum atomic E-state index is -3.11. The summed E-state index contributed by atoms with van der Waals surface area (Å²) < 4.78 is 49.7. The monoisotopic (exact) mass is 275 g/mol. The first-order valence-corrected chi connectivity index (χ1v) is 7.52. The van der Waals surface area contributed by atoms with Gasteiger partial charge < -0.3 is 5.73 Å². The van der Waals surface area contributed by atoms with Gasteiger partial charge in [0.2, 0.25) is 0 Å². The van der Waals surface area contributed by atoms with Crippen molar-refractivity contribution in [2.45, 2.75) is 12.8 Å². The predicted molar refractivity (Wildman–Crippen MR) is 64.8 cm³/mol. The number of halogens is 2. The van der Waals surface area contributed by atoms with E-state index in [9.17, 15) is 17.2 Å². The summed E-state index contributed by atoms with van der Waals surface area (Å²) in [7, 11) is -3.11. The summed E-state index contributed by atoms with van der Waals surface area (Å²) >= 11 is 0. The zero-order valence-electron chi connectivity index (χ0n) is 9.83. The topological polar surface area (TPSA) is 60.2 Å².